The van der Waals surface area contributed by atoms with E-state index < -0.39 is 0 Å². The summed E-state index contributed by atoms with van der Waals surface area (Å²) in [5.74, 6) is 0. The van der Waals surface area contributed by atoms with Crippen molar-refractivity contribution < 1.29 is 9.94 Å². The molecule has 0 radical (unpaired) electrons. The molecular weight excluding hydrogens is 170 g/mol. The van der Waals surface area contributed by atoms with E-state index in [4.69, 9.17) is 4.84 Å². The van der Waals surface area contributed by atoms with E-state index in [2.05, 4.69) is 5.10 Å². The molecule has 0 bridgehead atoms. The Bertz CT molecular complexity index is 287. The number of aliphatic hydroxyl groups is 1. The molecule has 1 N–H and O–H groups in total. The fourth-order valence-electron chi connectivity index (χ4n) is 1.37. The Labute approximate surface area is 76.5 Å². The number of aryl methyl sites for hydroxylation is 1. The van der Waals surface area contributed by atoms with E-state index >= 15 is 0 Å². The zero-order chi connectivity index (χ0) is 9.26. The highest BCUT2D eigenvalue weighted by atomic mass is 16.7. The van der Waals surface area contributed by atoms with E-state index in [1.54, 1.807) is 9.75 Å². The monoisotopic (exact) mass is 183 g/mol. The van der Waals surface area contributed by atoms with Crippen molar-refractivity contribution in [3.63, 3.8) is 0 Å². The third-order valence-electron chi connectivity index (χ3n) is 1.97. The van der Waals surface area contributed by atoms with Crippen molar-refractivity contribution in [3.8, 4) is 0 Å². The van der Waals surface area contributed by atoms with Crippen LogP contribution in [0.4, 0.5) is 0 Å². The predicted octanol–water partition coefficient (Wildman–Crippen LogP) is -0.472. The Hall–Kier alpha value is -0.910. The summed E-state index contributed by atoms with van der Waals surface area (Å²) in [6, 6.07) is 1.94. The molecular formula is C8H13N3O2. The average molecular weight is 183 g/mol. The second-order valence-corrected chi connectivity index (χ2v) is 3.25. The lowest BCUT2D eigenvalue weighted by Crippen LogP contribution is -2.20. The molecule has 1 aliphatic heterocycles. The van der Waals surface area contributed by atoms with Gasteiger partial charge in [-0.3, -0.25) is 9.52 Å². The van der Waals surface area contributed by atoms with Crippen molar-refractivity contribution >= 4 is 0 Å². The summed E-state index contributed by atoms with van der Waals surface area (Å²) in [7, 11) is 1.88. The number of β-amino-alcohol motifs (C(OH)–C–C–N with tert-alkyl or cyclic N) is 1. The zero-order valence-electron chi connectivity index (χ0n) is 7.55. The minimum atomic E-state index is -0.358. The third kappa shape index (κ3) is 2.06. The van der Waals surface area contributed by atoms with Gasteiger partial charge in [-0.05, 0) is 6.07 Å². The van der Waals surface area contributed by atoms with E-state index in [1.165, 1.54) is 0 Å². The maximum Gasteiger partial charge on any atom is 0.0958 e. The summed E-state index contributed by atoms with van der Waals surface area (Å²) in [5.41, 5.74) is 0.955. The molecule has 72 valence electrons. The Kier molecular flexibility index (Phi) is 2.30. The average Bonchev–Trinajstić information content (AvgIpc) is 2.62. The van der Waals surface area contributed by atoms with E-state index in [0.29, 0.717) is 19.7 Å². The predicted molar refractivity (Wildman–Crippen MR) is 45.6 cm³/mol. The van der Waals surface area contributed by atoms with E-state index in [-0.39, 0.29) is 6.10 Å². The molecule has 5 heteroatoms. The van der Waals surface area contributed by atoms with Gasteiger partial charge in [-0.2, -0.15) is 10.2 Å². The smallest absolute Gasteiger partial charge is 0.0958 e. The Balaban J connectivity index is 1.91. The molecule has 2 heterocycles. The topological polar surface area (TPSA) is 50.5 Å². The van der Waals surface area contributed by atoms with Gasteiger partial charge in [0.1, 0.15) is 0 Å². The first-order chi connectivity index (χ1) is 6.24. The highest BCUT2D eigenvalue weighted by molar-refractivity contribution is 4.98. The number of hydrogen-bond acceptors (Lipinski definition) is 4. The van der Waals surface area contributed by atoms with Crippen LogP contribution in [0.3, 0.4) is 0 Å². The maximum atomic E-state index is 9.19. The number of hydroxylamine groups is 2. The first kappa shape index (κ1) is 8.68. The van der Waals surface area contributed by atoms with Gasteiger partial charge in [0.05, 0.1) is 31.5 Å². The molecule has 1 fully saturated rings. The Morgan fingerprint density at radius 3 is 3.15 bits per heavy atom. The van der Waals surface area contributed by atoms with Gasteiger partial charge in [-0.1, -0.05) is 0 Å². The number of nitrogens with zero attached hydrogens (tertiary/aromatic N) is 3. The van der Waals surface area contributed by atoms with Crippen LogP contribution in [0.15, 0.2) is 12.3 Å². The second-order valence-electron chi connectivity index (χ2n) is 3.25. The summed E-state index contributed by atoms with van der Waals surface area (Å²) < 4.78 is 1.75. The first-order valence-corrected chi connectivity index (χ1v) is 4.28. The fourth-order valence-corrected chi connectivity index (χ4v) is 1.37. The molecule has 1 aromatic heterocycles. The molecule has 0 aliphatic carbocycles. The SMILES string of the molecule is Cn1ccc(CN2C[C@@H](O)CO2)n1. The van der Waals surface area contributed by atoms with Gasteiger partial charge in [-0.15, -0.1) is 0 Å². The van der Waals surface area contributed by atoms with Gasteiger partial charge in [0.2, 0.25) is 0 Å². The van der Waals surface area contributed by atoms with Crippen molar-refractivity contribution in [2.45, 2.75) is 12.6 Å². The fraction of sp³-hybridized carbons (Fsp3) is 0.625. The molecule has 1 saturated heterocycles. The van der Waals surface area contributed by atoms with Gasteiger partial charge in [0, 0.05) is 13.2 Å². The Morgan fingerprint density at radius 1 is 1.77 bits per heavy atom. The standard InChI is InChI=1S/C8H13N3O2/c1-10-3-2-7(9-10)4-11-5-8(12)6-13-11/h2-3,8,12H,4-6H2,1H3/t8-/m1/s1. The van der Waals surface area contributed by atoms with Gasteiger partial charge in [-0.25, -0.2) is 0 Å². The molecule has 13 heavy (non-hydrogen) atoms. The number of hydrogen-bond donors (Lipinski definition) is 1. The lowest BCUT2D eigenvalue weighted by molar-refractivity contribution is -0.118. The summed E-state index contributed by atoms with van der Waals surface area (Å²) in [6.07, 6.45) is 1.53. The zero-order valence-corrected chi connectivity index (χ0v) is 7.55. The molecule has 2 rings (SSSR count). The molecule has 0 aromatic carbocycles. The highest BCUT2D eigenvalue weighted by Gasteiger charge is 2.21. The second kappa shape index (κ2) is 3.45. The van der Waals surface area contributed by atoms with Gasteiger partial charge < -0.3 is 5.11 Å². The van der Waals surface area contributed by atoms with Crippen LogP contribution in [0.1, 0.15) is 5.69 Å². The van der Waals surface area contributed by atoms with Gasteiger partial charge in [0.25, 0.3) is 0 Å². The lowest BCUT2D eigenvalue weighted by Gasteiger charge is -2.10. The van der Waals surface area contributed by atoms with Crippen LogP contribution in [-0.4, -0.2) is 39.2 Å². The summed E-state index contributed by atoms with van der Waals surface area (Å²) in [6.45, 7) is 1.60. The molecule has 0 saturated carbocycles. The van der Waals surface area contributed by atoms with Crippen LogP contribution in [0, 0.1) is 0 Å². The van der Waals surface area contributed by atoms with Crippen LogP contribution in [0.5, 0.6) is 0 Å². The van der Waals surface area contributed by atoms with Crippen LogP contribution in [-0.2, 0) is 18.4 Å². The minimum Gasteiger partial charge on any atom is -0.389 e. The molecule has 1 aliphatic rings. The number of aliphatic hydroxyl groups excluding tert-OH is 1. The van der Waals surface area contributed by atoms with Crippen molar-refractivity contribution in [1.29, 1.82) is 0 Å². The molecule has 0 spiro atoms. The molecule has 1 atom stereocenters. The Morgan fingerprint density at radius 2 is 2.62 bits per heavy atom. The normalized spacial score (nSPS) is 24.0. The minimum absolute atomic E-state index is 0.358. The van der Waals surface area contributed by atoms with E-state index in [0.717, 1.165) is 5.69 Å². The molecule has 1 aromatic rings. The van der Waals surface area contributed by atoms with Crippen LogP contribution in [0.2, 0.25) is 0 Å². The van der Waals surface area contributed by atoms with Gasteiger partial charge in [0.15, 0.2) is 0 Å². The first-order valence-electron chi connectivity index (χ1n) is 4.28. The van der Waals surface area contributed by atoms with Crippen molar-refractivity contribution in [1.82, 2.24) is 14.8 Å². The van der Waals surface area contributed by atoms with Crippen molar-refractivity contribution in [3.05, 3.63) is 18.0 Å². The maximum absolute atomic E-state index is 9.19. The summed E-state index contributed by atoms with van der Waals surface area (Å²) in [5, 5.41) is 15.1. The van der Waals surface area contributed by atoms with E-state index in [1.807, 2.05) is 19.3 Å². The quantitative estimate of drug-likeness (QED) is 0.673. The van der Waals surface area contributed by atoms with Gasteiger partial charge >= 0.3 is 0 Å². The van der Waals surface area contributed by atoms with Crippen LogP contribution in [0.25, 0.3) is 0 Å². The molecule has 5 nitrogen and oxygen atoms in total. The van der Waals surface area contributed by atoms with Crippen molar-refractivity contribution in [2.24, 2.45) is 7.05 Å². The molecule has 0 amide bonds. The number of rotatable bonds is 2. The third-order valence-corrected chi connectivity index (χ3v) is 1.97. The summed E-state index contributed by atoms with van der Waals surface area (Å²) in [4.78, 5) is 5.21. The highest BCUT2D eigenvalue weighted by Crippen LogP contribution is 2.09. The lowest BCUT2D eigenvalue weighted by atomic mass is 10.4. The van der Waals surface area contributed by atoms with E-state index in [9.17, 15) is 5.11 Å². The largest absolute Gasteiger partial charge is 0.389 e. The number of aromatic nitrogens is 2. The summed E-state index contributed by atoms with van der Waals surface area (Å²) >= 11 is 0. The van der Waals surface area contributed by atoms with Crippen molar-refractivity contribution in [2.75, 3.05) is 13.2 Å². The van der Waals surface area contributed by atoms with Crippen LogP contribution < -0.4 is 0 Å². The van der Waals surface area contributed by atoms with Crippen LogP contribution >= 0.6 is 0 Å². The molecule has 0 unspecified atom stereocenters.